The quantitative estimate of drug-likeness (QED) is 0.0791. The summed E-state index contributed by atoms with van der Waals surface area (Å²) < 4.78 is 18.9. The lowest BCUT2D eigenvalue weighted by molar-refractivity contribution is -0.191. The van der Waals surface area contributed by atoms with Gasteiger partial charge >= 0.3 is 6.15 Å². The first-order valence-electron chi connectivity index (χ1n) is 17.1. The van der Waals surface area contributed by atoms with Crippen molar-refractivity contribution in [3.8, 4) is 34.4 Å². The molecule has 4 aromatic rings. The van der Waals surface area contributed by atoms with Crippen LogP contribution in [0.1, 0.15) is 53.2 Å². The van der Waals surface area contributed by atoms with Gasteiger partial charge in [-0.05, 0) is 73.7 Å². The van der Waals surface area contributed by atoms with E-state index < -0.39 is 6.10 Å². The highest BCUT2D eigenvalue weighted by Gasteiger charge is 2.28. The first-order valence-corrected chi connectivity index (χ1v) is 17.9. The third kappa shape index (κ3) is 12.0. The highest BCUT2D eigenvalue weighted by molar-refractivity contribution is 6.35. The molecule has 280 valence electrons. The summed E-state index contributed by atoms with van der Waals surface area (Å²) in [7, 11) is 0. The van der Waals surface area contributed by atoms with Gasteiger partial charge in [-0.3, -0.25) is 4.98 Å². The molecule has 5 N–H and O–H groups in total. The zero-order valence-electron chi connectivity index (χ0n) is 29.0. The lowest BCUT2D eigenvalue weighted by Crippen LogP contribution is -2.30. The maximum absolute atomic E-state index is 9.47. The van der Waals surface area contributed by atoms with E-state index in [2.05, 4.69) is 33.8 Å². The van der Waals surface area contributed by atoms with Gasteiger partial charge in [0.15, 0.2) is 0 Å². The highest BCUT2D eigenvalue weighted by atomic mass is 35.5. The Morgan fingerprint density at radius 3 is 2.49 bits per heavy atom. The Kier molecular flexibility index (Phi) is 17.0. The highest BCUT2D eigenvalue weighted by Crippen LogP contribution is 2.45. The van der Waals surface area contributed by atoms with Crippen LogP contribution in [0.5, 0.6) is 17.2 Å². The summed E-state index contributed by atoms with van der Waals surface area (Å²) in [5, 5.41) is 44.3. The second-order valence-electron chi connectivity index (χ2n) is 12.1. The number of nitriles is 1. The molecule has 0 bridgehead atoms. The number of carbonyl (C=O) groups excluding carboxylic acids is 2. The Hall–Kier alpha value is -4.54. The van der Waals surface area contributed by atoms with Crippen molar-refractivity contribution < 1.29 is 39.1 Å². The van der Waals surface area contributed by atoms with Gasteiger partial charge in [0.1, 0.15) is 36.0 Å². The van der Waals surface area contributed by atoms with Gasteiger partial charge in [-0.15, -0.1) is 0 Å². The second-order valence-corrected chi connectivity index (χ2v) is 12.9. The molecular formula is C39H42Cl2N4O8. The van der Waals surface area contributed by atoms with E-state index in [-0.39, 0.29) is 32.1 Å². The van der Waals surface area contributed by atoms with Crippen molar-refractivity contribution in [3.63, 3.8) is 0 Å². The van der Waals surface area contributed by atoms with E-state index in [1.807, 2.05) is 36.4 Å². The molecule has 14 heteroatoms. The standard InChI is InChI=1S/C38H42Cl2N4O6.CO2/c39-33-16-27(21-42-11-3-13-45)36(49-24-26-15-25(18-41)19-44-20-26)17-37(33)50-34-10-9-30-29(5-1-6-31(30)34)32-7-2-8-35(38(32)40)48-14-4-12-43-22-28(47)23-46;2-1-3/h1-2,5-8,15-17,19-20,28,34,42-43,45-47H,3-4,9-14,21-24H2;/t28-,34?;/m0./s1. The minimum absolute atomic E-state index is 0.0976. The Morgan fingerprint density at radius 1 is 0.943 bits per heavy atom. The molecule has 3 aromatic carbocycles. The van der Waals surface area contributed by atoms with Gasteiger partial charge in [0, 0.05) is 54.8 Å². The van der Waals surface area contributed by atoms with Gasteiger partial charge in [-0.1, -0.05) is 53.5 Å². The van der Waals surface area contributed by atoms with Crippen molar-refractivity contribution in [2.45, 2.75) is 51.0 Å². The van der Waals surface area contributed by atoms with Crippen molar-refractivity contribution in [2.75, 3.05) is 39.5 Å². The monoisotopic (exact) mass is 764 g/mol. The lowest BCUT2D eigenvalue weighted by Gasteiger charge is -2.20. The van der Waals surface area contributed by atoms with Crippen LogP contribution in [0.15, 0.2) is 67.0 Å². The van der Waals surface area contributed by atoms with E-state index in [9.17, 15) is 15.5 Å². The fourth-order valence-electron chi connectivity index (χ4n) is 5.84. The van der Waals surface area contributed by atoms with E-state index >= 15 is 0 Å². The Morgan fingerprint density at radius 2 is 1.72 bits per heavy atom. The molecule has 0 saturated carbocycles. The predicted octanol–water partition coefficient (Wildman–Crippen LogP) is 5.17. The van der Waals surface area contributed by atoms with Gasteiger partial charge in [-0.2, -0.15) is 14.9 Å². The fraction of sp³-hybridized carbons (Fsp3) is 0.359. The second kappa shape index (κ2) is 21.9. The number of hydrogen-bond acceptors (Lipinski definition) is 12. The molecular weight excluding hydrogens is 723 g/mol. The zero-order chi connectivity index (χ0) is 38.0. The predicted molar refractivity (Wildman–Crippen MR) is 198 cm³/mol. The molecule has 1 aliphatic rings. The molecule has 0 fully saturated rings. The smallest absolute Gasteiger partial charge is 0.373 e. The van der Waals surface area contributed by atoms with Gasteiger partial charge in [0.2, 0.25) is 0 Å². The Bertz CT molecular complexity index is 1870. The number of ether oxygens (including phenoxy) is 3. The van der Waals surface area contributed by atoms with Crippen LogP contribution in [0, 0.1) is 11.3 Å². The molecule has 2 atom stereocenters. The largest absolute Gasteiger partial charge is 0.492 e. The number of aliphatic hydroxyl groups excluding tert-OH is 3. The summed E-state index contributed by atoms with van der Waals surface area (Å²) in [6.45, 7) is 2.55. The van der Waals surface area contributed by atoms with Crippen LogP contribution in [-0.4, -0.2) is 72.0 Å². The van der Waals surface area contributed by atoms with Crippen LogP contribution < -0.4 is 24.8 Å². The first-order chi connectivity index (χ1) is 25.8. The molecule has 53 heavy (non-hydrogen) atoms. The van der Waals surface area contributed by atoms with Crippen LogP contribution in [0.2, 0.25) is 10.0 Å². The SMILES string of the molecule is N#Cc1cncc(COc2cc(OC3CCc4c(-c5cccc(OCCCNC[C@H](O)CO)c5Cl)cccc43)c(Cl)cc2CNCCCO)c1.O=C=O. The summed E-state index contributed by atoms with van der Waals surface area (Å²) >= 11 is 13.7. The molecule has 0 amide bonds. The number of nitrogens with one attached hydrogen (secondary N) is 2. The third-order valence-electron chi connectivity index (χ3n) is 8.34. The average Bonchev–Trinajstić information content (AvgIpc) is 3.58. The van der Waals surface area contributed by atoms with E-state index in [0.717, 1.165) is 46.2 Å². The first kappa shape index (κ1) is 41.2. The maximum atomic E-state index is 9.47. The van der Waals surface area contributed by atoms with Crippen LogP contribution >= 0.6 is 23.2 Å². The van der Waals surface area contributed by atoms with E-state index in [1.54, 1.807) is 12.3 Å². The van der Waals surface area contributed by atoms with Gasteiger partial charge < -0.3 is 40.2 Å². The molecule has 1 heterocycles. The number of aliphatic hydroxyl groups is 3. The molecule has 12 nitrogen and oxygen atoms in total. The molecule has 0 radical (unpaired) electrons. The molecule has 0 spiro atoms. The normalized spacial score (nSPS) is 13.5. The molecule has 1 aliphatic carbocycles. The van der Waals surface area contributed by atoms with Gasteiger partial charge in [-0.25, -0.2) is 0 Å². The summed E-state index contributed by atoms with van der Waals surface area (Å²) in [5.41, 5.74) is 6.19. The molecule has 0 aliphatic heterocycles. The Labute approximate surface area is 318 Å². The van der Waals surface area contributed by atoms with Crippen molar-refractivity contribution in [3.05, 3.63) is 105 Å². The van der Waals surface area contributed by atoms with E-state index in [0.29, 0.717) is 78.5 Å². The minimum atomic E-state index is -0.775. The zero-order valence-corrected chi connectivity index (χ0v) is 30.5. The average molecular weight is 766 g/mol. The summed E-state index contributed by atoms with van der Waals surface area (Å²) in [4.78, 5) is 20.4. The van der Waals surface area contributed by atoms with Crippen LogP contribution in [0.25, 0.3) is 11.1 Å². The molecule has 5 rings (SSSR count). The number of halogens is 2. The van der Waals surface area contributed by atoms with Crippen molar-refractivity contribution in [1.82, 2.24) is 15.6 Å². The number of hydrogen-bond donors (Lipinski definition) is 5. The van der Waals surface area contributed by atoms with E-state index in [4.69, 9.17) is 52.1 Å². The number of fused-ring (bicyclic) bond motifs is 1. The van der Waals surface area contributed by atoms with Crippen LogP contribution in [-0.2, 0) is 29.2 Å². The van der Waals surface area contributed by atoms with Crippen molar-refractivity contribution in [2.24, 2.45) is 0 Å². The van der Waals surface area contributed by atoms with Gasteiger partial charge in [0.25, 0.3) is 0 Å². The Balaban J connectivity index is 0.00000202. The number of rotatable bonds is 19. The van der Waals surface area contributed by atoms with Gasteiger partial charge in [0.05, 0.1) is 34.9 Å². The number of pyridine rings is 1. The number of benzene rings is 3. The molecule has 1 unspecified atom stereocenters. The fourth-order valence-corrected chi connectivity index (χ4v) is 6.35. The van der Waals surface area contributed by atoms with Crippen molar-refractivity contribution in [1.29, 1.82) is 5.26 Å². The van der Waals surface area contributed by atoms with Crippen molar-refractivity contribution >= 4 is 29.4 Å². The lowest BCUT2D eigenvalue weighted by atomic mass is 9.96. The minimum Gasteiger partial charge on any atom is -0.492 e. The number of aromatic nitrogens is 1. The molecule has 0 saturated heterocycles. The summed E-state index contributed by atoms with van der Waals surface area (Å²) in [6, 6.07) is 19.4. The van der Waals surface area contributed by atoms with E-state index in [1.165, 1.54) is 6.20 Å². The van der Waals surface area contributed by atoms with Crippen LogP contribution in [0.3, 0.4) is 0 Å². The third-order valence-corrected chi connectivity index (χ3v) is 9.03. The maximum Gasteiger partial charge on any atom is 0.373 e. The summed E-state index contributed by atoms with van der Waals surface area (Å²) in [6.07, 6.45) is 5.29. The topological polar surface area (TPSA) is 183 Å². The summed E-state index contributed by atoms with van der Waals surface area (Å²) in [5.74, 6) is 1.70. The number of nitrogens with zero attached hydrogens (tertiary/aromatic N) is 2. The van der Waals surface area contributed by atoms with Crippen LogP contribution in [0.4, 0.5) is 0 Å². The molecule has 1 aromatic heterocycles.